The van der Waals surface area contributed by atoms with Crippen molar-refractivity contribution >= 4 is 28.6 Å². The van der Waals surface area contributed by atoms with Crippen LogP contribution < -0.4 is 4.74 Å². The van der Waals surface area contributed by atoms with E-state index in [4.69, 9.17) is 27.2 Å². The van der Waals surface area contributed by atoms with Crippen molar-refractivity contribution in [2.24, 2.45) is 0 Å². The number of hydrogen-bond donors (Lipinski definition) is 2. The minimum atomic E-state index is 0.188. The first-order valence-electron chi connectivity index (χ1n) is 5.03. The fourth-order valence-corrected chi connectivity index (χ4v) is 1.83. The predicted octanol–water partition coefficient (Wildman–Crippen LogP) is 3.34. The lowest BCUT2D eigenvalue weighted by molar-refractivity contribution is 0.413. The molecule has 2 N–H and O–H groups in total. The standard InChI is InChI=1S/C13H11ClN2O/c1-17-12-7-8(14)5-6-9(12)10-3-2-4-11(15)13(10)16/h2-7,15-16H,1H3. The number of hydrogen-bond acceptors (Lipinski definition) is 3. The van der Waals surface area contributed by atoms with E-state index in [2.05, 4.69) is 0 Å². The number of nitrogens with one attached hydrogen (secondary N) is 2. The van der Waals surface area contributed by atoms with E-state index in [0.29, 0.717) is 16.3 Å². The van der Waals surface area contributed by atoms with Crippen molar-refractivity contribution in [1.82, 2.24) is 0 Å². The highest BCUT2D eigenvalue weighted by atomic mass is 35.5. The summed E-state index contributed by atoms with van der Waals surface area (Å²) in [6.45, 7) is 0. The van der Waals surface area contributed by atoms with E-state index in [1.807, 2.05) is 0 Å². The molecule has 0 aliphatic heterocycles. The highest BCUT2D eigenvalue weighted by molar-refractivity contribution is 6.60. The molecule has 1 aromatic rings. The zero-order valence-electron chi connectivity index (χ0n) is 9.25. The smallest absolute Gasteiger partial charge is 0.128 e. The van der Waals surface area contributed by atoms with E-state index in [9.17, 15) is 0 Å². The molecule has 0 bridgehead atoms. The summed E-state index contributed by atoms with van der Waals surface area (Å²) >= 11 is 5.89. The van der Waals surface area contributed by atoms with Gasteiger partial charge >= 0.3 is 0 Å². The molecule has 0 heterocycles. The maximum absolute atomic E-state index is 7.88. The molecule has 0 spiro atoms. The molecule has 1 aliphatic carbocycles. The summed E-state index contributed by atoms with van der Waals surface area (Å²) in [6, 6.07) is 5.25. The Kier molecular flexibility index (Phi) is 3.11. The Hall–Kier alpha value is -1.87. The average Bonchev–Trinajstić information content (AvgIpc) is 2.33. The zero-order valence-corrected chi connectivity index (χ0v) is 10.0. The van der Waals surface area contributed by atoms with E-state index < -0.39 is 0 Å². The molecular weight excluding hydrogens is 236 g/mol. The molecule has 1 aromatic carbocycles. The average molecular weight is 247 g/mol. The van der Waals surface area contributed by atoms with Gasteiger partial charge in [0, 0.05) is 16.2 Å². The van der Waals surface area contributed by atoms with Crippen LogP contribution in [0.2, 0.25) is 5.02 Å². The fraction of sp³-hybridized carbons (Fsp3) is 0.0769. The molecule has 0 saturated carbocycles. The van der Waals surface area contributed by atoms with Crippen LogP contribution in [-0.4, -0.2) is 18.5 Å². The molecule has 1 aliphatic rings. The lowest BCUT2D eigenvalue weighted by atomic mass is 9.93. The van der Waals surface area contributed by atoms with Crippen molar-refractivity contribution in [3.05, 3.63) is 47.0 Å². The van der Waals surface area contributed by atoms with Crippen molar-refractivity contribution < 1.29 is 4.74 Å². The minimum Gasteiger partial charge on any atom is -0.496 e. The Labute approximate surface area is 104 Å². The van der Waals surface area contributed by atoms with Gasteiger partial charge in [0.25, 0.3) is 0 Å². The van der Waals surface area contributed by atoms with Gasteiger partial charge < -0.3 is 4.74 Å². The van der Waals surface area contributed by atoms with Crippen LogP contribution in [0.4, 0.5) is 0 Å². The van der Waals surface area contributed by atoms with Gasteiger partial charge in [0.05, 0.1) is 18.5 Å². The first-order chi connectivity index (χ1) is 8.13. The van der Waals surface area contributed by atoms with Crippen LogP contribution in [0.25, 0.3) is 5.57 Å². The van der Waals surface area contributed by atoms with Gasteiger partial charge in [-0.3, -0.25) is 10.8 Å². The number of ether oxygens (including phenoxy) is 1. The molecule has 4 heteroatoms. The zero-order chi connectivity index (χ0) is 12.4. The fourth-order valence-electron chi connectivity index (χ4n) is 1.66. The molecule has 0 saturated heterocycles. The first kappa shape index (κ1) is 11.6. The van der Waals surface area contributed by atoms with E-state index >= 15 is 0 Å². The van der Waals surface area contributed by atoms with Crippen molar-refractivity contribution in [1.29, 1.82) is 10.8 Å². The molecule has 3 nitrogen and oxygen atoms in total. The molecule has 0 atom stereocenters. The lowest BCUT2D eigenvalue weighted by Gasteiger charge is -2.15. The molecule has 86 valence electrons. The molecular formula is C13H11ClN2O. The van der Waals surface area contributed by atoms with E-state index in [1.54, 1.807) is 43.5 Å². The molecule has 0 amide bonds. The third-order valence-electron chi connectivity index (χ3n) is 2.52. The molecule has 0 fully saturated rings. The third kappa shape index (κ3) is 2.15. The van der Waals surface area contributed by atoms with Crippen molar-refractivity contribution in [3.63, 3.8) is 0 Å². The van der Waals surface area contributed by atoms with Gasteiger partial charge in [0.15, 0.2) is 0 Å². The van der Waals surface area contributed by atoms with E-state index in [1.165, 1.54) is 0 Å². The number of methoxy groups -OCH3 is 1. The first-order valence-corrected chi connectivity index (χ1v) is 5.41. The molecule has 2 rings (SSSR count). The summed E-state index contributed by atoms with van der Waals surface area (Å²) in [7, 11) is 1.56. The summed E-state index contributed by atoms with van der Waals surface area (Å²) in [5.74, 6) is 0.608. The second kappa shape index (κ2) is 4.55. The third-order valence-corrected chi connectivity index (χ3v) is 2.75. The van der Waals surface area contributed by atoms with Crippen molar-refractivity contribution in [3.8, 4) is 5.75 Å². The highest BCUT2D eigenvalue weighted by Gasteiger charge is 2.17. The monoisotopic (exact) mass is 246 g/mol. The van der Waals surface area contributed by atoms with Crippen LogP contribution in [0.1, 0.15) is 5.56 Å². The summed E-state index contributed by atoms with van der Waals surface area (Å²) < 4.78 is 5.25. The van der Waals surface area contributed by atoms with E-state index in [-0.39, 0.29) is 11.4 Å². The van der Waals surface area contributed by atoms with Gasteiger partial charge in [-0.1, -0.05) is 23.8 Å². The number of allylic oxidation sites excluding steroid dienone is 4. The molecule has 0 radical (unpaired) electrons. The minimum absolute atomic E-state index is 0.188. The summed E-state index contributed by atoms with van der Waals surface area (Å²) in [5, 5.41) is 16.1. The number of benzene rings is 1. The Bertz CT molecular complexity index is 559. The normalized spacial score (nSPS) is 14.8. The van der Waals surface area contributed by atoms with Crippen LogP contribution in [0.3, 0.4) is 0 Å². The van der Waals surface area contributed by atoms with Gasteiger partial charge in [-0.15, -0.1) is 0 Å². The van der Waals surface area contributed by atoms with Crippen LogP contribution >= 0.6 is 11.6 Å². The van der Waals surface area contributed by atoms with Gasteiger partial charge in [0.1, 0.15) is 5.75 Å². The lowest BCUT2D eigenvalue weighted by Crippen LogP contribution is -2.14. The van der Waals surface area contributed by atoms with Crippen molar-refractivity contribution in [2.75, 3.05) is 7.11 Å². The molecule has 17 heavy (non-hydrogen) atoms. The van der Waals surface area contributed by atoms with Crippen LogP contribution in [0, 0.1) is 10.8 Å². The number of rotatable bonds is 2. The second-order valence-electron chi connectivity index (χ2n) is 3.57. The predicted molar refractivity (Wildman–Crippen MR) is 70.6 cm³/mol. The van der Waals surface area contributed by atoms with Crippen LogP contribution in [0.5, 0.6) is 5.75 Å². The Morgan fingerprint density at radius 1 is 1.24 bits per heavy atom. The topological polar surface area (TPSA) is 56.9 Å². The highest BCUT2D eigenvalue weighted by Crippen LogP contribution is 2.31. The van der Waals surface area contributed by atoms with Crippen LogP contribution in [0.15, 0.2) is 36.4 Å². The Morgan fingerprint density at radius 2 is 2.00 bits per heavy atom. The quantitative estimate of drug-likeness (QED) is 0.773. The number of halogens is 1. The van der Waals surface area contributed by atoms with E-state index in [0.717, 1.165) is 5.56 Å². The Balaban J connectivity index is 2.54. The maximum Gasteiger partial charge on any atom is 0.128 e. The summed E-state index contributed by atoms with van der Waals surface area (Å²) in [5.41, 5.74) is 1.83. The molecule has 0 unspecified atom stereocenters. The van der Waals surface area contributed by atoms with Crippen molar-refractivity contribution in [2.45, 2.75) is 0 Å². The SMILES string of the molecule is COc1cc(Cl)ccc1C1=CC=CC(=N)C1=N. The van der Waals surface area contributed by atoms with Gasteiger partial charge in [-0.05, 0) is 24.3 Å². The van der Waals surface area contributed by atoms with Crippen LogP contribution in [-0.2, 0) is 0 Å². The Morgan fingerprint density at radius 3 is 2.71 bits per heavy atom. The maximum atomic E-state index is 7.88. The second-order valence-corrected chi connectivity index (χ2v) is 4.01. The van der Waals surface area contributed by atoms with Gasteiger partial charge in [-0.25, -0.2) is 0 Å². The van der Waals surface area contributed by atoms with Gasteiger partial charge in [-0.2, -0.15) is 0 Å². The summed E-state index contributed by atoms with van der Waals surface area (Å²) in [4.78, 5) is 0. The van der Waals surface area contributed by atoms with Gasteiger partial charge in [0.2, 0.25) is 0 Å². The summed E-state index contributed by atoms with van der Waals surface area (Å²) in [6.07, 6.45) is 5.14. The largest absolute Gasteiger partial charge is 0.496 e. The molecule has 0 aromatic heterocycles.